The maximum atomic E-state index is 13.9. The van der Waals surface area contributed by atoms with Gasteiger partial charge in [0.25, 0.3) is 0 Å². The lowest BCUT2D eigenvalue weighted by Crippen LogP contribution is -2.64. The molecule has 10 atom stereocenters. The molecule has 44 heavy (non-hydrogen) atoms. The van der Waals surface area contributed by atoms with Gasteiger partial charge in [-0.05, 0) is 30.7 Å². The van der Waals surface area contributed by atoms with Gasteiger partial charge in [-0.15, -0.1) is 0 Å². The van der Waals surface area contributed by atoms with Crippen LogP contribution in [0.1, 0.15) is 13.3 Å². The molecule has 0 spiro atoms. The Hall–Kier alpha value is -3.48. The molecule has 6 unspecified atom stereocenters. The maximum Gasteiger partial charge on any atom is 0.411 e. The maximum absolute atomic E-state index is 13.9. The molecular weight excluding hydrogens is 594 g/mol. The summed E-state index contributed by atoms with van der Waals surface area (Å²) in [4.78, 5) is 24.5. The number of halogens is 2. The van der Waals surface area contributed by atoms with Crippen molar-refractivity contribution in [2.45, 2.75) is 74.6 Å². The fraction of sp³-hybridized carbons (Fsp3) is 0.500. The van der Waals surface area contributed by atoms with Crippen molar-refractivity contribution in [1.29, 1.82) is 0 Å². The third kappa shape index (κ3) is 7.96. The number of ether oxygens (including phenoxy) is 5. The minimum atomic E-state index is -1.90. The van der Waals surface area contributed by atoms with Crippen molar-refractivity contribution in [3.05, 3.63) is 60.2 Å². The second-order valence-electron chi connectivity index (χ2n) is 10.1. The Bertz CT molecular complexity index is 1270. The summed E-state index contributed by atoms with van der Waals surface area (Å²) >= 11 is 0. The van der Waals surface area contributed by atoms with Crippen molar-refractivity contribution >= 4 is 23.6 Å². The van der Waals surface area contributed by atoms with Gasteiger partial charge in [-0.1, -0.05) is 31.2 Å². The van der Waals surface area contributed by atoms with E-state index >= 15 is 0 Å². The van der Waals surface area contributed by atoms with Gasteiger partial charge in [-0.25, -0.2) is 18.4 Å². The number of benzene rings is 2. The Kier molecular flexibility index (Phi) is 11.4. The molecule has 0 aromatic heterocycles. The summed E-state index contributed by atoms with van der Waals surface area (Å²) in [6.45, 7) is 0.420. The first-order valence-corrected chi connectivity index (χ1v) is 13.7. The van der Waals surface area contributed by atoms with Gasteiger partial charge < -0.3 is 49.2 Å². The zero-order chi connectivity index (χ0) is 32.0. The number of nitrogens with one attached hydrogen (secondary N) is 2. The second kappa shape index (κ2) is 15.0. The van der Waals surface area contributed by atoms with Crippen LogP contribution in [0.25, 0.3) is 0 Å². The van der Waals surface area contributed by atoms with Crippen LogP contribution in [0.3, 0.4) is 0 Å². The number of hydrogen-bond acceptors (Lipinski definition) is 12. The summed E-state index contributed by atoms with van der Waals surface area (Å²) in [6.07, 6.45) is -17.6. The van der Waals surface area contributed by atoms with E-state index in [0.717, 1.165) is 12.1 Å². The highest BCUT2D eigenvalue weighted by Gasteiger charge is 2.50. The molecule has 0 saturated carbocycles. The molecule has 0 bridgehead atoms. The van der Waals surface area contributed by atoms with Crippen LogP contribution in [0, 0.1) is 11.6 Å². The lowest BCUT2D eigenvalue weighted by Gasteiger charge is -2.46. The number of carbonyl (C=O) groups excluding carboxylic acids is 2. The van der Waals surface area contributed by atoms with Gasteiger partial charge in [-0.3, -0.25) is 10.6 Å². The Morgan fingerprint density at radius 1 is 0.705 bits per heavy atom. The second-order valence-corrected chi connectivity index (χ2v) is 10.1. The lowest BCUT2D eigenvalue weighted by atomic mass is 9.93. The molecule has 2 saturated heterocycles. The monoisotopic (exact) mass is 628 g/mol. The van der Waals surface area contributed by atoms with Crippen LogP contribution < -0.4 is 10.6 Å². The molecule has 0 radical (unpaired) electrons. The Balaban J connectivity index is 1.41. The number of hydrogen-bond donors (Lipinski definition) is 7. The van der Waals surface area contributed by atoms with E-state index in [1.54, 1.807) is 6.92 Å². The van der Waals surface area contributed by atoms with Crippen molar-refractivity contribution in [3.8, 4) is 0 Å². The first-order chi connectivity index (χ1) is 21.0. The van der Waals surface area contributed by atoms with E-state index in [9.17, 15) is 43.9 Å². The third-order valence-corrected chi connectivity index (χ3v) is 7.12. The van der Waals surface area contributed by atoms with Crippen molar-refractivity contribution in [2.75, 3.05) is 23.8 Å². The molecule has 2 amide bonds. The highest BCUT2D eigenvalue weighted by atomic mass is 19.1. The molecule has 2 fully saturated rings. The van der Waals surface area contributed by atoms with E-state index in [1.807, 2.05) is 0 Å². The van der Waals surface area contributed by atoms with Gasteiger partial charge in [-0.2, -0.15) is 0 Å². The fourth-order valence-corrected chi connectivity index (χ4v) is 4.71. The van der Waals surface area contributed by atoms with Crippen molar-refractivity contribution in [1.82, 2.24) is 0 Å². The minimum Gasteiger partial charge on any atom is -0.446 e. The summed E-state index contributed by atoms with van der Waals surface area (Å²) in [7, 11) is 0. The van der Waals surface area contributed by atoms with Crippen molar-refractivity contribution in [2.24, 2.45) is 0 Å². The number of anilines is 2. The molecule has 2 heterocycles. The van der Waals surface area contributed by atoms with E-state index in [1.165, 1.54) is 36.4 Å². The first kappa shape index (κ1) is 33.4. The number of amides is 2. The summed E-state index contributed by atoms with van der Waals surface area (Å²) in [6, 6.07) is 10.6. The highest BCUT2D eigenvalue weighted by molar-refractivity contribution is 5.85. The molecule has 0 aliphatic carbocycles. The number of carbonyl (C=O) groups is 2. The SMILES string of the molecule is CCC1OC(COC(=O)Nc2ccccc2F)[C@@H](OC2OC(COC(=O)Nc3ccccc3F)[C@@H](O)C(O)[C@H]2O)C(O)[C@H]1O. The van der Waals surface area contributed by atoms with Crippen molar-refractivity contribution < 1.29 is 67.6 Å². The molecular formula is C28H34F2N2O12. The number of rotatable bonds is 9. The van der Waals surface area contributed by atoms with Gasteiger partial charge in [0.15, 0.2) is 6.29 Å². The molecule has 2 aromatic carbocycles. The molecule has 2 aromatic rings. The van der Waals surface area contributed by atoms with Gasteiger partial charge in [0.2, 0.25) is 0 Å². The summed E-state index contributed by atoms with van der Waals surface area (Å²) in [5.41, 5.74) is -0.329. The first-order valence-electron chi connectivity index (χ1n) is 13.7. The van der Waals surface area contributed by atoms with E-state index in [-0.39, 0.29) is 17.8 Å². The molecule has 2 aliphatic rings. The van der Waals surface area contributed by atoms with E-state index < -0.39 is 98.3 Å². The Morgan fingerprint density at radius 3 is 1.73 bits per heavy atom. The molecule has 14 nitrogen and oxygen atoms in total. The highest BCUT2D eigenvalue weighted by Crippen LogP contribution is 2.30. The molecule has 242 valence electrons. The quantitative estimate of drug-likeness (QED) is 0.207. The van der Waals surface area contributed by atoms with Crippen LogP contribution >= 0.6 is 0 Å². The number of aliphatic hydroxyl groups excluding tert-OH is 5. The lowest BCUT2D eigenvalue weighted by molar-refractivity contribution is -0.341. The minimum absolute atomic E-state index is 0.154. The molecule has 2 aliphatic heterocycles. The van der Waals surface area contributed by atoms with Gasteiger partial charge in [0.05, 0.1) is 17.5 Å². The topological polar surface area (TPSA) is 206 Å². The molecule has 7 N–H and O–H groups in total. The van der Waals surface area contributed by atoms with Gasteiger partial charge >= 0.3 is 12.2 Å². The zero-order valence-electron chi connectivity index (χ0n) is 23.4. The van der Waals surface area contributed by atoms with Crippen LogP contribution in [0.4, 0.5) is 29.7 Å². The van der Waals surface area contributed by atoms with Crippen LogP contribution in [0.5, 0.6) is 0 Å². The van der Waals surface area contributed by atoms with E-state index in [0.29, 0.717) is 0 Å². The average Bonchev–Trinajstić information content (AvgIpc) is 3.00. The molecule has 4 rings (SSSR count). The summed E-state index contributed by atoms with van der Waals surface area (Å²) < 4.78 is 54.9. The Labute approximate surface area is 250 Å². The number of para-hydroxylation sites is 2. The average molecular weight is 629 g/mol. The van der Waals surface area contributed by atoms with Crippen molar-refractivity contribution in [3.63, 3.8) is 0 Å². The normalized spacial score (nSPS) is 32.0. The molecule has 16 heteroatoms. The number of aliphatic hydroxyl groups is 5. The van der Waals surface area contributed by atoms with Gasteiger partial charge in [0.1, 0.15) is 73.7 Å². The summed E-state index contributed by atoms with van der Waals surface area (Å²) in [5.74, 6) is -1.44. The van der Waals surface area contributed by atoms with E-state index in [4.69, 9.17) is 23.7 Å². The fourth-order valence-electron chi connectivity index (χ4n) is 4.71. The smallest absolute Gasteiger partial charge is 0.411 e. The van der Waals surface area contributed by atoms with E-state index in [2.05, 4.69) is 10.6 Å². The van der Waals surface area contributed by atoms with Gasteiger partial charge in [0, 0.05) is 0 Å². The predicted octanol–water partition coefficient (Wildman–Crippen LogP) is 0.854. The largest absolute Gasteiger partial charge is 0.446 e. The third-order valence-electron chi connectivity index (χ3n) is 7.12. The standard InChI is InChI=1S/C28H34F2N2O12/c1-2-17-20(33)23(36)25(19(42-17)12-41-28(39)32-16-10-6-4-8-14(16)30)44-26-24(37)22(35)21(34)18(43-26)11-40-27(38)31-15-9-5-3-7-13(15)29/h3-10,17-26,33-37H,2,11-12H2,1H3,(H,31,38)(H,32,39)/t17?,18?,19?,20-,21+,22?,23?,24+,25+,26?/m0/s1. The summed E-state index contributed by atoms with van der Waals surface area (Å²) in [5, 5.41) is 57.2. The van der Waals surface area contributed by atoms with Crippen LogP contribution in [0.15, 0.2) is 48.5 Å². The van der Waals surface area contributed by atoms with Crippen LogP contribution in [0.2, 0.25) is 0 Å². The Morgan fingerprint density at radius 2 is 1.20 bits per heavy atom. The zero-order valence-corrected chi connectivity index (χ0v) is 23.4. The predicted molar refractivity (Wildman–Crippen MR) is 145 cm³/mol. The van der Waals surface area contributed by atoms with Crippen LogP contribution in [-0.2, 0) is 23.7 Å². The van der Waals surface area contributed by atoms with Crippen LogP contribution in [-0.4, -0.2) is 112 Å².